The topological polar surface area (TPSA) is 64.3 Å². The summed E-state index contributed by atoms with van der Waals surface area (Å²) in [7, 11) is 1.60. The lowest BCUT2D eigenvalue weighted by atomic mass is 9.99. The molecular formula is C13H22N4O. The number of hydrogen-bond acceptors (Lipinski definition) is 5. The number of nitrogens with zero attached hydrogens (tertiary/aromatic N) is 3. The van der Waals surface area contributed by atoms with Gasteiger partial charge in [0, 0.05) is 18.7 Å². The number of hydrogen-bond donors (Lipinski definition) is 1. The van der Waals surface area contributed by atoms with Crippen LogP contribution in [0.3, 0.4) is 0 Å². The van der Waals surface area contributed by atoms with E-state index in [0.29, 0.717) is 11.9 Å². The summed E-state index contributed by atoms with van der Waals surface area (Å²) in [5.74, 6) is 0.566. The molecule has 0 radical (unpaired) electrons. The van der Waals surface area contributed by atoms with Crippen molar-refractivity contribution in [3.8, 4) is 5.88 Å². The number of ether oxygens (including phenoxy) is 1. The molecule has 2 heterocycles. The van der Waals surface area contributed by atoms with E-state index in [9.17, 15) is 0 Å². The van der Waals surface area contributed by atoms with Gasteiger partial charge in [-0.2, -0.15) is 5.10 Å². The summed E-state index contributed by atoms with van der Waals surface area (Å²) in [6, 6.07) is 4.46. The molecule has 1 unspecified atom stereocenters. The van der Waals surface area contributed by atoms with E-state index in [-0.39, 0.29) is 0 Å². The average Bonchev–Trinajstić information content (AvgIpc) is 2.42. The average molecular weight is 250 g/mol. The Morgan fingerprint density at radius 1 is 1.39 bits per heavy atom. The third-order valence-corrected chi connectivity index (χ3v) is 3.52. The maximum Gasteiger partial charge on any atom is 0.233 e. The molecule has 1 aromatic heterocycles. The van der Waals surface area contributed by atoms with Gasteiger partial charge < -0.3 is 10.5 Å². The van der Waals surface area contributed by atoms with Crippen LogP contribution in [0.5, 0.6) is 5.88 Å². The molecule has 2 N–H and O–H groups in total. The van der Waals surface area contributed by atoms with E-state index in [2.05, 4.69) is 15.1 Å². The highest BCUT2D eigenvalue weighted by Crippen LogP contribution is 2.21. The van der Waals surface area contributed by atoms with Crippen LogP contribution in [-0.2, 0) is 6.54 Å². The van der Waals surface area contributed by atoms with E-state index in [1.54, 1.807) is 7.11 Å². The van der Waals surface area contributed by atoms with E-state index in [1.807, 2.05) is 12.1 Å². The van der Waals surface area contributed by atoms with Gasteiger partial charge in [-0.1, -0.05) is 6.42 Å². The van der Waals surface area contributed by atoms with Crippen LogP contribution in [0.25, 0.3) is 0 Å². The number of nitrogens with two attached hydrogens (primary N) is 1. The van der Waals surface area contributed by atoms with Crippen molar-refractivity contribution < 1.29 is 4.74 Å². The van der Waals surface area contributed by atoms with Crippen molar-refractivity contribution in [2.24, 2.45) is 5.73 Å². The first-order valence-electron chi connectivity index (χ1n) is 6.64. The van der Waals surface area contributed by atoms with Gasteiger partial charge in [-0.25, -0.2) is 0 Å². The van der Waals surface area contributed by atoms with Gasteiger partial charge >= 0.3 is 0 Å². The maximum absolute atomic E-state index is 5.68. The molecule has 0 saturated carbocycles. The molecule has 2 rings (SSSR count). The van der Waals surface area contributed by atoms with Gasteiger partial charge in [0.15, 0.2) is 0 Å². The fourth-order valence-corrected chi connectivity index (χ4v) is 2.54. The zero-order chi connectivity index (χ0) is 12.8. The maximum atomic E-state index is 5.68. The quantitative estimate of drug-likeness (QED) is 0.850. The molecule has 5 heteroatoms. The lowest BCUT2D eigenvalue weighted by Gasteiger charge is -2.35. The highest BCUT2D eigenvalue weighted by Gasteiger charge is 2.22. The summed E-state index contributed by atoms with van der Waals surface area (Å²) >= 11 is 0. The lowest BCUT2D eigenvalue weighted by Crippen LogP contribution is -2.40. The van der Waals surface area contributed by atoms with Gasteiger partial charge in [0.05, 0.1) is 12.8 Å². The standard InChI is InChI=1S/C13H22N4O/c1-18-13-6-5-11(15-16-13)10-17-9-3-2-4-12(17)7-8-14/h5-6,12H,2-4,7-10,14H2,1H3. The molecule has 1 aliphatic heterocycles. The van der Waals surface area contributed by atoms with Crippen LogP contribution in [0.15, 0.2) is 12.1 Å². The number of piperidine rings is 1. The fourth-order valence-electron chi connectivity index (χ4n) is 2.54. The van der Waals surface area contributed by atoms with E-state index in [1.165, 1.54) is 19.3 Å². The Bertz CT molecular complexity index is 353. The highest BCUT2D eigenvalue weighted by atomic mass is 16.5. The van der Waals surface area contributed by atoms with Crippen LogP contribution >= 0.6 is 0 Å². The SMILES string of the molecule is COc1ccc(CN2CCCCC2CCN)nn1. The largest absolute Gasteiger partial charge is 0.480 e. The Balaban J connectivity index is 1.96. The van der Waals surface area contributed by atoms with E-state index in [0.717, 1.165) is 31.7 Å². The van der Waals surface area contributed by atoms with Crippen LogP contribution in [0, 0.1) is 0 Å². The third-order valence-electron chi connectivity index (χ3n) is 3.52. The van der Waals surface area contributed by atoms with Gasteiger partial charge in [0.1, 0.15) is 0 Å². The van der Waals surface area contributed by atoms with Crippen LogP contribution < -0.4 is 10.5 Å². The monoisotopic (exact) mass is 250 g/mol. The third kappa shape index (κ3) is 3.40. The van der Waals surface area contributed by atoms with Gasteiger partial charge in [-0.15, -0.1) is 5.10 Å². The van der Waals surface area contributed by atoms with Crippen molar-refractivity contribution in [1.82, 2.24) is 15.1 Å². The van der Waals surface area contributed by atoms with Crippen LogP contribution in [0.4, 0.5) is 0 Å². The van der Waals surface area contributed by atoms with Crippen molar-refractivity contribution in [2.75, 3.05) is 20.2 Å². The Morgan fingerprint density at radius 3 is 2.94 bits per heavy atom. The second-order valence-electron chi connectivity index (χ2n) is 4.76. The molecule has 0 aromatic carbocycles. The first-order chi connectivity index (χ1) is 8.83. The summed E-state index contributed by atoms with van der Waals surface area (Å²) < 4.78 is 5.02. The molecule has 0 amide bonds. The minimum absolute atomic E-state index is 0.566. The summed E-state index contributed by atoms with van der Waals surface area (Å²) in [4.78, 5) is 2.48. The fraction of sp³-hybridized carbons (Fsp3) is 0.692. The molecule has 1 fully saturated rings. The summed E-state index contributed by atoms with van der Waals surface area (Å²) in [5, 5.41) is 8.20. The van der Waals surface area contributed by atoms with Crippen molar-refractivity contribution >= 4 is 0 Å². The van der Waals surface area contributed by atoms with E-state index >= 15 is 0 Å². The Hall–Kier alpha value is -1.20. The zero-order valence-corrected chi connectivity index (χ0v) is 11.0. The zero-order valence-electron chi connectivity index (χ0n) is 11.0. The minimum atomic E-state index is 0.566. The van der Waals surface area contributed by atoms with Crippen molar-refractivity contribution in [1.29, 1.82) is 0 Å². The summed E-state index contributed by atoms with van der Waals surface area (Å²) in [5.41, 5.74) is 6.68. The molecule has 1 saturated heterocycles. The van der Waals surface area contributed by atoms with E-state index < -0.39 is 0 Å². The van der Waals surface area contributed by atoms with Gasteiger partial charge in [0.25, 0.3) is 0 Å². The highest BCUT2D eigenvalue weighted by molar-refractivity contribution is 5.11. The number of methoxy groups -OCH3 is 1. The van der Waals surface area contributed by atoms with E-state index in [4.69, 9.17) is 10.5 Å². The molecule has 18 heavy (non-hydrogen) atoms. The molecule has 0 spiro atoms. The van der Waals surface area contributed by atoms with Crippen LogP contribution in [0.1, 0.15) is 31.4 Å². The van der Waals surface area contributed by atoms with Crippen LogP contribution in [0.2, 0.25) is 0 Å². The first kappa shape index (κ1) is 13.2. The van der Waals surface area contributed by atoms with Crippen molar-refractivity contribution in [2.45, 2.75) is 38.3 Å². The Kier molecular flexibility index (Phi) is 4.90. The van der Waals surface area contributed by atoms with Crippen LogP contribution in [-0.4, -0.2) is 41.3 Å². The Labute approximate surface area is 108 Å². The molecule has 1 aliphatic rings. The van der Waals surface area contributed by atoms with Gasteiger partial charge in [-0.3, -0.25) is 4.90 Å². The number of likely N-dealkylation sites (tertiary alicyclic amines) is 1. The number of aromatic nitrogens is 2. The minimum Gasteiger partial charge on any atom is -0.480 e. The second-order valence-corrected chi connectivity index (χ2v) is 4.76. The van der Waals surface area contributed by atoms with Crippen molar-refractivity contribution in [3.05, 3.63) is 17.8 Å². The number of rotatable bonds is 5. The molecule has 0 bridgehead atoms. The summed E-state index contributed by atoms with van der Waals surface area (Å²) in [6.07, 6.45) is 4.91. The van der Waals surface area contributed by atoms with Crippen molar-refractivity contribution in [3.63, 3.8) is 0 Å². The Morgan fingerprint density at radius 2 is 2.28 bits per heavy atom. The second kappa shape index (κ2) is 6.66. The molecule has 5 nitrogen and oxygen atoms in total. The molecular weight excluding hydrogens is 228 g/mol. The molecule has 100 valence electrons. The molecule has 1 aromatic rings. The predicted molar refractivity (Wildman–Crippen MR) is 70.3 cm³/mol. The summed E-state index contributed by atoms with van der Waals surface area (Å²) in [6.45, 7) is 2.76. The van der Waals surface area contributed by atoms with Gasteiger partial charge in [0.2, 0.25) is 5.88 Å². The van der Waals surface area contributed by atoms with Gasteiger partial charge in [-0.05, 0) is 38.4 Å². The normalized spacial score (nSPS) is 20.9. The molecule has 0 aliphatic carbocycles. The lowest BCUT2D eigenvalue weighted by molar-refractivity contribution is 0.132. The first-order valence-corrected chi connectivity index (χ1v) is 6.64. The predicted octanol–water partition coefficient (Wildman–Crippen LogP) is 1.19. The smallest absolute Gasteiger partial charge is 0.233 e. The molecule has 1 atom stereocenters.